The number of benzene rings is 1. The molecule has 0 spiro atoms. The topological polar surface area (TPSA) is 73.1 Å². The zero-order valence-corrected chi connectivity index (χ0v) is 11.3. The lowest BCUT2D eigenvalue weighted by Crippen LogP contribution is -2.41. The van der Waals surface area contributed by atoms with Gasteiger partial charge in [0.15, 0.2) is 0 Å². The first-order valence-electron chi connectivity index (χ1n) is 5.13. The maximum atomic E-state index is 12.7. The second-order valence-electron chi connectivity index (χ2n) is 3.98. The first-order valence-corrected chi connectivity index (χ1v) is 6.25. The molecule has 0 bridgehead atoms. The van der Waals surface area contributed by atoms with Crippen LogP contribution in [0.2, 0.25) is 0 Å². The Morgan fingerprint density at radius 2 is 2.33 bits per heavy atom. The van der Waals surface area contributed by atoms with Gasteiger partial charge in [-0.1, -0.05) is 15.9 Å². The molecule has 2 N–H and O–H groups in total. The summed E-state index contributed by atoms with van der Waals surface area (Å²) < 4.78 is 12.7. The first-order chi connectivity index (χ1) is 8.44. The van der Waals surface area contributed by atoms with Crippen molar-refractivity contribution in [3.05, 3.63) is 29.3 Å². The number of amides is 1. The SMILES string of the molecule is C[C@](O)(CBr)C(=O)Nc1ccc(C#N)c(CF)c1. The molecule has 0 aliphatic carbocycles. The van der Waals surface area contributed by atoms with Gasteiger partial charge in [0.1, 0.15) is 12.3 Å². The molecule has 0 heterocycles. The highest BCUT2D eigenvalue weighted by molar-refractivity contribution is 9.09. The number of nitrogens with zero attached hydrogens (tertiary/aromatic N) is 1. The molecular formula is C12H12BrFN2O2. The minimum atomic E-state index is -1.55. The quantitative estimate of drug-likeness (QED) is 0.836. The van der Waals surface area contributed by atoms with Crippen LogP contribution in [0.3, 0.4) is 0 Å². The van der Waals surface area contributed by atoms with Crippen LogP contribution in [0.25, 0.3) is 0 Å². The van der Waals surface area contributed by atoms with Gasteiger partial charge in [0.25, 0.3) is 5.91 Å². The Morgan fingerprint density at radius 3 is 2.83 bits per heavy atom. The van der Waals surface area contributed by atoms with E-state index >= 15 is 0 Å². The van der Waals surface area contributed by atoms with Crippen molar-refractivity contribution in [2.24, 2.45) is 0 Å². The molecule has 4 nitrogen and oxygen atoms in total. The molecule has 0 saturated heterocycles. The number of alkyl halides is 2. The standard InChI is InChI=1S/C12H12BrFN2O2/c1-12(18,7-13)11(17)16-10-3-2-8(6-15)9(4-10)5-14/h2-4,18H,5,7H2,1H3,(H,16,17)/t12-/m0/s1. The fourth-order valence-corrected chi connectivity index (χ4v) is 1.47. The van der Waals surface area contributed by atoms with Crippen molar-refractivity contribution < 1.29 is 14.3 Å². The largest absolute Gasteiger partial charge is 0.379 e. The number of hydrogen-bond acceptors (Lipinski definition) is 3. The Bertz CT molecular complexity index is 497. The van der Waals surface area contributed by atoms with Crippen molar-refractivity contribution in [3.63, 3.8) is 0 Å². The third-order valence-electron chi connectivity index (χ3n) is 2.38. The molecule has 0 radical (unpaired) electrons. The number of halogens is 2. The number of rotatable bonds is 4. The number of aliphatic hydroxyl groups is 1. The van der Waals surface area contributed by atoms with Gasteiger partial charge in [0.2, 0.25) is 0 Å². The Morgan fingerprint density at radius 1 is 1.67 bits per heavy atom. The molecule has 0 aliphatic rings. The average Bonchev–Trinajstić information content (AvgIpc) is 2.38. The molecule has 1 aromatic carbocycles. The third-order valence-corrected chi connectivity index (χ3v) is 3.47. The maximum Gasteiger partial charge on any atom is 0.256 e. The summed E-state index contributed by atoms with van der Waals surface area (Å²) in [6.07, 6.45) is 0. The maximum absolute atomic E-state index is 12.7. The van der Waals surface area contributed by atoms with Crippen molar-refractivity contribution in [1.82, 2.24) is 0 Å². The normalized spacial score (nSPS) is 13.5. The van der Waals surface area contributed by atoms with Crippen molar-refractivity contribution >= 4 is 27.5 Å². The predicted molar refractivity (Wildman–Crippen MR) is 69.0 cm³/mol. The van der Waals surface area contributed by atoms with Gasteiger partial charge in [-0.05, 0) is 25.1 Å². The summed E-state index contributed by atoms with van der Waals surface area (Å²) >= 11 is 3.02. The molecule has 1 amide bonds. The van der Waals surface area contributed by atoms with Crippen molar-refractivity contribution in [2.45, 2.75) is 19.2 Å². The lowest BCUT2D eigenvalue weighted by molar-refractivity contribution is -0.130. The number of hydrogen-bond donors (Lipinski definition) is 2. The molecule has 0 fully saturated rings. The number of carbonyl (C=O) groups excluding carboxylic acids is 1. The second-order valence-corrected chi connectivity index (χ2v) is 4.54. The molecule has 1 atom stereocenters. The molecule has 0 unspecified atom stereocenters. The number of anilines is 1. The van der Waals surface area contributed by atoms with Crippen LogP contribution in [0.5, 0.6) is 0 Å². The molecule has 1 rings (SSSR count). The Balaban J connectivity index is 2.94. The van der Waals surface area contributed by atoms with E-state index in [2.05, 4.69) is 21.2 Å². The van der Waals surface area contributed by atoms with Gasteiger partial charge in [-0.15, -0.1) is 0 Å². The van der Waals surface area contributed by atoms with E-state index in [9.17, 15) is 14.3 Å². The van der Waals surface area contributed by atoms with Gasteiger partial charge < -0.3 is 10.4 Å². The third kappa shape index (κ3) is 3.28. The molecule has 18 heavy (non-hydrogen) atoms. The predicted octanol–water partition coefficient (Wildman–Crippen LogP) is 2.11. The van der Waals surface area contributed by atoms with Gasteiger partial charge in [-0.2, -0.15) is 5.26 Å². The van der Waals surface area contributed by atoms with Gasteiger partial charge in [-0.3, -0.25) is 4.79 Å². The van der Waals surface area contributed by atoms with Crippen LogP contribution in [-0.4, -0.2) is 21.9 Å². The lowest BCUT2D eigenvalue weighted by Gasteiger charge is -2.19. The van der Waals surface area contributed by atoms with Gasteiger partial charge >= 0.3 is 0 Å². The number of nitrogens with one attached hydrogen (secondary N) is 1. The summed E-state index contributed by atoms with van der Waals surface area (Å²) in [6.45, 7) is 0.568. The van der Waals surface area contributed by atoms with E-state index in [1.54, 1.807) is 0 Å². The van der Waals surface area contributed by atoms with E-state index in [4.69, 9.17) is 5.26 Å². The highest BCUT2D eigenvalue weighted by Crippen LogP contribution is 2.18. The number of carbonyl (C=O) groups is 1. The number of nitriles is 1. The molecule has 1 aromatic rings. The van der Waals surface area contributed by atoms with Crippen LogP contribution in [0.15, 0.2) is 18.2 Å². The summed E-state index contributed by atoms with van der Waals surface area (Å²) in [5.74, 6) is -0.603. The molecule has 6 heteroatoms. The Hall–Kier alpha value is -1.45. The molecule has 0 aromatic heterocycles. The van der Waals surface area contributed by atoms with E-state index in [-0.39, 0.29) is 16.5 Å². The smallest absolute Gasteiger partial charge is 0.256 e. The highest BCUT2D eigenvalue weighted by atomic mass is 79.9. The van der Waals surface area contributed by atoms with Crippen LogP contribution >= 0.6 is 15.9 Å². The van der Waals surface area contributed by atoms with Crippen LogP contribution < -0.4 is 5.32 Å². The summed E-state index contributed by atoms with van der Waals surface area (Å²) in [7, 11) is 0. The summed E-state index contributed by atoms with van der Waals surface area (Å²) in [4.78, 5) is 11.7. The van der Waals surface area contributed by atoms with Crippen LogP contribution in [0.4, 0.5) is 10.1 Å². The monoisotopic (exact) mass is 314 g/mol. The first kappa shape index (κ1) is 14.6. The molecular weight excluding hydrogens is 303 g/mol. The summed E-state index contributed by atoms with van der Waals surface area (Å²) in [5, 5.41) is 21.0. The highest BCUT2D eigenvalue weighted by Gasteiger charge is 2.28. The van der Waals surface area contributed by atoms with E-state index < -0.39 is 18.2 Å². The van der Waals surface area contributed by atoms with Gasteiger partial charge in [0.05, 0.1) is 11.6 Å². The zero-order valence-electron chi connectivity index (χ0n) is 9.70. The van der Waals surface area contributed by atoms with Crippen LogP contribution in [-0.2, 0) is 11.5 Å². The van der Waals surface area contributed by atoms with Crippen LogP contribution in [0.1, 0.15) is 18.1 Å². The fourth-order valence-electron chi connectivity index (χ4n) is 1.22. The minimum absolute atomic E-state index is 0.0814. The lowest BCUT2D eigenvalue weighted by atomic mass is 10.1. The van der Waals surface area contributed by atoms with Crippen LogP contribution in [0, 0.1) is 11.3 Å². The van der Waals surface area contributed by atoms with Gasteiger partial charge in [-0.25, -0.2) is 4.39 Å². The fraction of sp³-hybridized carbons (Fsp3) is 0.333. The van der Waals surface area contributed by atoms with Crippen molar-refractivity contribution in [2.75, 3.05) is 10.6 Å². The van der Waals surface area contributed by atoms with Gasteiger partial charge in [0, 0.05) is 16.6 Å². The van der Waals surface area contributed by atoms with Crippen molar-refractivity contribution in [1.29, 1.82) is 5.26 Å². The summed E-state index contributed by atoms with van der Waals surface area (Å²) in [6, 6.07) is 6.14. The van der Waals surface area contributed by atoms with E-state index in [1.807, 2.05) is 6.07 Å². The van der Waals surface area contributed by atoms with E-state index in [0.29, 0.717) is 5.69 Å². The zero-order chi connectivity index (χ0) is 13.8. The second kappa shape index (κ2) is 5.94. The molecule has 96 valence electrons. The Labute approximate surface area is 113 Å². The Kier molecular flexibility index (Phi) is 4.82. The molecule has 0 saturated carbocycles. The average molecular weight is 315 g/mol. The van der Waals surface area contributed by atoms with Crippen molar-refractivity contribution in [3.8, 4) is 6.07 Å². The minimum Gasteiger partial charge on any atom is -0.379 e. The van der Waals surface area contributed by atoms with E-state index in [0.717, 1.165) is 0 Å². The molecule has 0 aliphatic heterocycles. The van der Waals surface area contributed by atoms with E-state index in [1.165, 1.54) is 25.1 Å². The summed E-state index contributed by atoms with van der Waals surface area (Å²) in [5.41, 5.74) is -0.784.